The minimum absolute atomic E-state index is 0.0627. The van der Waals surface area contributed by atoms with Crippen LogP contribution in [-0.4, -0.2) is 30.0 Å². The van der Waals surface area contributed by atoms with Crippen LogP contribution in [0.3, 0.4) is 0 Å². The first-order valence-corrected chi connectivity index (χ1v) is 8.85. The summed E-state index contributed by atoms with van der Waals surface area (Å²) in [5, 5.41) is 13.0. The number of ether oxygens (including phenoxy) is 1. The SMILES string of the molecule is Cc1ccc(CC(CO)(CNC(=O)OC(C)(C)C)CC2CC2)cc1. The highest BCUT2D eigenvalue weighted by molar-refractivity contribution is 5.67. The predicted molar refractivity (Wildman–Crippen MR) is 96.0 cm³/mol. The maximum absolute atomic E-state index is 12.0. The highest BCUT2D eigenvalue weighted by Crippen LogP contribution is 2.41. The van der Waals surface area contributed by atoms with E-state index in [1.54, 1.807) is 0 Å². The largest absolute Gasteiger partial charge is 0.444 e. The van der Waals surface area contributed by atoms with Crippen molar-refractivity contribution in [3.8, 4) is 0 Å². The van der Waals surface area contributed by atoms with Crippen LogP contribution in [0.15, 0.2) is 24.3 Å². The van der Waals surface area contributed by atoms with Gasteiger partial charge in [-0.1, -0.05) is 42.7 Å². The molecule has 1 unspecified atom stereocenters. The normalized spacial score (nSPS) is 17.2. The van der Waals surface area contributed by atoms with Crippen LogP contribution >= 0.6 is 0 Å². The number of alkyl carbamates (subject to hydrolysis) is 1. The smallest absolute Gasteiger partial charge is 0.407 e. The van der Waals surface area contributed by atoms with Crippen LogP contribution < -0.4 is 5.32 Å². The average molecular weight is 333 g/mol. The van der Waals surface area contributed by atoms with Gasteiger partial charge in [0.05, 0.1) is 6.61 Å². The third-order valence-corrected chi connectivity index (χ3v) is 4.46. The lowest BCUT2D eigenvalue weighted by atomic mass is 9.77. The molecular formula is C20H31NO3. The number of aryl methyl sites for hydroxylation is 1. The Morgan fingerprint density at radius 1 is 1.25 bits per heavy atom. The number of hydrogen-bond acceptors (Lipinski definition) is 3. The van der Waals surface area contributed by atoms with E-state index in [1.165, 1.54) is 24.0 Å². The molecule has 1 amide bonds. The number of rotatable bonds is 7. The number of nitrogens with one attached hydrogen (secondary N) is 1. The van der Waals surface area contributed by atoms with Crippen LogP contribution in [0.1, 0.15) is 51.2 Å². The monoisotopic (exact) mass is 333 g/mol. The quantitative estimate of drug-likeness (QED) is 0.797. The lowest BCUT2D eigenvalue weighted by Gasteiger charge is -2.33. The zero-order valence-electron chi connectivity index (χ0n) is 15.4. The molecule has 0 radical (unpaired) electrons. The second-order valence-electron chi connectivity index (χ2n) is 8.32. The van der Waals surface area contributed by atoms with E-state index in [9.17, 15) is 9.90 Å². The van der Waals surface area contributed by atoms with Crippen LogP contribution in [0.2, 0.25) is 0 Å². The van der Waals surface area contributed by atoms with Crippen molar-refractivity contribution < 1.29 is 14.6 Å². The van der Waals surface area contributed by atoms with Crippen molar-refractivity contribution in [1.29, 1.82) is 0 Å². The molecule has 1 fully saturated rings. The number of benzene rings is 1. The minimum Gasteiger partial charge on any atom is -0.444 e. The van der Waals surface area contributed by atoms with Crippen LogP contribution in [-0.2, 0) is 11.2 Å². The first-order chi connectivity index (χ1) is 11.2. The van der Waals surface area contributed by atoms with Gasteiger partial charge in [0.1, 0.15) is 5.60 Å². The molecule has 0 spiro atoms. The molecule has 134 valence electrons. The van der Waals surface area contributed by atoms with Gasteiger partial charge < -0.3 is 15.2 Å². The first kappa shape index (κ1) is 18.8. The summed E-state index contributed by atoms with van der Waals surface area (Å²) < 4.78 is 5.33. The first-order valence-electron chi connectivity index (χ1n) is 8.85. The molecule has 4 nitrogen and oxygen atoms in total. The van der Waals surface area contributed by atoms with E-state index >= 15 is 0 Å². The Hall–Kier alpha value is -1.55. The highest BCUT2D eigenvalue weighted by atomic mass is 16.6. The zero-order chi connectivity index (χ0) is 17.8. The van der Waals surface area contributed by atoms with Gasteiger partial charge in [-0.2, -0.15) is 0 Å². The standard InChI is InChI=1S/C20H31NO3/c1-15-5-7-16(8-6-15)11-20(14-22,12-17-9-10-17)13-21-18(23)24-19(2,3)4/h5-8,17,22H,9-14H2,1-4H3,(H,21,23). The predicted octanol–water partition coefficient (Wildman–Crippen LogP) is 3.84. The molecule has 0 heterocycles. The molecule has 2 N–H and O–H groups in total. The topological polar surface area (TPSA) is 58.6 Å². The van der Waals surface area contributed by atoms with Gasteiger partial charge >= 0.3 is 6.09 Å². The Bertz CT molecular complexity index is 543. The second-order valence-corrected chi connectivity index (χ2v) is 8.32. The molecule has 1 aromatic rings. The number of aliphatic hydroxyl groups excluding tert-OH is 1. The van der Waals surface area contributed by atoms with Crippen molar-refractivity contribution >= 4 is 6.09 Å². The molecule has 1 aromatic carbocycles. The van der Waals surface area contributed by atoms with E-state index in [1.807, 2.05) is 20.8 Å². The fourth-order valence-electron chi connectivity index (χ4n) is 3.03. The highest BCUT2D eigenvalue weighted by Gasteiger charge is 2.37. The summed E-state index contributed by atoms with van der Waals surface area (Å²) in [6.07, 6.45) is 3.73. The fourth-order valence-corrected chi connectivity index (χ4v) is 3.03. The Morgan fingerprint density at radius 2 is 1.88 bits per heavy atom. The number of amides is 1. The lowest BCUT2D eigenvalue weighted by molar-refractivity contribution is 0.0449. The van der Waals surface area contributed by atoms with Gasteiger partial charge in [-0.05, 0) is 52.0 Å². The number of hydrogen-bond donors (Lipinski definition) is 2. The number of aliphatic hydroxyl groups is 1. The van der Waals surface area contributed by atoms with E-state index < -0.39 is 11.7 Å². The number of carbonyl (C=O) groups excluding carboxylic acids is 1. The summed E-state index contributed by atoms with van der Waals surface area (Å²) >= 11 is 0. The summed E-state index contributed by atoms with van der Waals surface area (Å²) in [4.78, 5) is 12.0. The van der Waals surface area contributed by atoms with Crippen molar-refractivity contribution in [2.45, 2.75) is 59.0 Å². The molecule has 1 atom stereocenters. The van der Waals surface area contributed by atoms with Crippen LogP contribution in [0, 0.1) is 18.3 Å². The van der Waals surface area contributed by atoms with Crippen molar-refractivity contribution in [2.75, 3.05) is 13.2 Å². The summed E-state index contributed by atoms with van der Waals surface area (Å²) in [5.74, 6) is 0.669. The van der Waals surface area contributed by atoms with Crippen LogP contribution in [0.4, 0.5) is 4.79 Å². The lowest BCUT2D eigenvalue weighted by Crippen LogP contribution is -2.43. The van der Waals surface area contributed by atoms with E-state index in [0.29, 0.717) is 12.5 Å². The van der Waals surface area contributed by atoms with Crippen LogP contribution in [0.25, 0.3) is 0 Å². The Labute approximate surface area is 145 Å². The molecule has 0 saturated heterocycles. The van der Waals surface area contributed by atoms with Gasteiger partial charge in [0.25, 0.3) is 0 Å². The summed E-state index contributed by atoms with van der Waals surface area (Å²) in [6, 6.07) is 8.41. The van der Waals surface area contributed by atoms with Crippen molar-refractivity contribution in [3.05, 3.63) is 35.4 Å². The van der Waals surface area contributed by atoms with E-state index in [-0.39, 0.29) is 12.0 Å². The molecule has 2 rings (SSSR count). The molecule has 1 aliphatic carbocycles. The molecule has 0 aromatic heterocycles. The molecule has 4 heteroatoms. The summed E-state index contributed by atoms with van der Waals surface area (Å²) in [7, 11) is 0. The minimum atomic E-state index is -0.514. The van der Waals surface area contributed by atoms with Gasteiger partial charge in [-0.3, -0.25) is 0 Å². The second kappa shape index (κ2) is 7.56. The maximum Gasteiger partial charge on any atom is 0.407 e. The average Bonchev–Trinajstić information content (AvgIpc) is 3.29. The van der Waals surface area contributed by atoms with Crippen molar-refractivity contribution in [2.24, 2.45) is 11.3 Å². The molecule has 0 bridgehead atoms. The Morgan fingerprint density at radius 3 is 2.38 bits per heavy atom. The Kier molecular flexibility index (Phi) is 5.92. The molecular weight excluding hydrogens is 302 g/mol. The van der Waals surface area contributed by atoms with Gasteiger partial charge in [0.2, 0.25) is 0 Å². The maximum atomic E-state index is 12.0. The number of carbonyl (C=O) groups is 1. The Balaban J connectivity index is 2.04. The van der Waals surface area contributed by atoms with Gasteiger partial charge in [0, 0.05) is 12.0 Å². The van der Waals surface area contributed by atoms with Crippen LogP contribution in [0.5, 0.6) is 0 Å². The third kappa shape index (κ3) is 6.16. The van der Waals surface area contributed by atoms with Gasteiger partial charge in [-0.25, -0.2) is 4.79 Å². The summed E-state index contributed by atoms with van der Waals surface area (Å²) in [6.45, 7) is 8.11. The van der Waals surface area contributed by atoms with Crippen molar-refractivity contribution in [3.63, 3.8) is 0 Å². The zero-order valence-corrected chi connectivity index (χ0v) is 15.4. The van der Waals surface area contributed by atoms with E-state index in [2.05, 4.69) is 36.5 Å². The molecule has 24 heavy (non-hydrogen) atoms. The van der Waals surface area contributed by atoms with E-state index in [0.717, 1.165) is 12.8 Å². The van der Waals surface area contributed by atoms with Gasteiger partial charge in [0.15, 0.2) is 0 Å². The fraction of sp³-hybridized carbons (Fsp3) is 0.650. The van der Waals surface area contributed by atoms with Crippen molar-refractivity contribution in [1.82, 2.24) is 5.32 Å². The molecule has 1 aliphatic rings. The molecule has 0 aliphatic heterocycles. The summed E-state index contributed by atoms with van der Waals surface area (Å²) in [5.41, 5.74) is 1.58. The van der Waals surface area contributed by atoms with E-state index in [4.69, 9.17) is 4.74 Å². The third-order valence-electron chi connectivity index (χ3n) is 4.46. The molecule has 1 saturated carbocycles. The van der Waals surface area contributed by atoms with Gasteiger partial charge in [-0.15, -0.1) is 0 Å².